The Labute approximate surface area is 127 Å². The van der Waals surface area contributed by atoms with Gasteiger partial charge in [0, 0.05) is 5.56 Å². The highest BCUT2D eigenvalue weighted by Crippen LogP contribution is 2.24. The SMILES string of the molecule is Cc1ccc(-c2nc3ccc(N=C(N)CCl)cc3[nH]2)cc1. The lowest BCUT2D eigenvalue weighted by atomic mass is 10.1. The number of H-pyrrole nitrogens is 1. The second-order valence-corrected chi connectivity index (χ2v) is 5.16. The summed E-state index contributed by atoms with van der Waals surface area (Å²) in [6, 6.07) is 14.0. The molecule has 1 heterocycles. The maximum atomic E-state index is 5.65. The molecule has 0 saturated carbocycles. The standard InChI is InChI=1S/C16H15ClN4/c1-10-2-4-11(5-3-10)16-20-13-7-6-12(8-14(13)21-16)19-15(18)9-17/h2-8H,9H2,1H3,(H2,18,19)(H,20,21). The topological polar surface area (TPSA) is 67.1 Å². The molecule has 3 rings (SSSR count). The van der Waals surface area contributed by atoms with E-state index in [4.69, 9.17) is 17.3 Å². The molecule has 0 atom stereocenters. The molecule has 21 heavy (non-hydrogen) atoms. The van der Waals surface area contributed by atoms with Crippen LogP contribution in [-0.2, 0) is 0 Å². The molecule has 0 aliphatic heterocycles. The van der Waals surface area contributed by atoms with E-state index in [2.05, 4.69) is 46.1 Å². The second kappa shape index (κ2) is 5.58. The number of nitrogens with two attached hydrogens (primary N) is 1. The first-order chi connectivity index (χ1) is 10.2. The third-order valence-electron chi connectivity index (χ3n) is 3.20. The van der Waals surface area contributed by atoms with Gasteiger partial charge in [-0.3, -0.25) is 0 Å². The molecule has 0 aliphatic rings. The van der Waals surface area contributed by atoms with E-state index in [0.29, 0.717) is 5.84 Å². The fourth-order valence-corrected chi connectivity index (χ4v) is 2.17. The molecule has 3 aromatic rings. The Kier molecular flexibility index (Phi) is 3.62. The van der Waals surface area contributed by atoms with Crippen molar-refractivity contribution in [1.29, 1.82) is 0 Å². The number of fused-ring (bicyclic) bond motifs is 1. The van der Waals surface area contributed by atoms with Crippen molar-refractivity contribution < 1.29 is 0 Å². The number of alkyl halides is 1. The summed E-state index contributed by atoms with van der Waals surface area (Å²) in [5, 5.41) is 0. The number of amidine groups is 1. The van der Waals surface area contributed by atoms with Crippen molar-refractivity contribution in [2.75, 3.05) is 5.88 Å². The Morgan fingerprint density at radius 1 is 1.24 bits per heavy atom. The van der Waals surface area contributed by atoms with Gasteiger partial charge >= 0.3 is 0 Å². The monoisotopic (exact) mass is 298 g/mol. The molecule has 0 bridgehead atoms. The molecular formula is C16H15ClN4. The average Bonchev–Trinajstić information content (AvgIpc) is 2.91. The van der Waals surface area contributed by atoms with Crippen LogP contribution in [0.3, 0.4) is 0 Å². The minimum Gasteiger partial charge on any atom is -0.386 e. The van der Waals surface area contributed by atoms with E-state index in [1.807, 2.05) is 18.2 Å². The summed E-state index contributed by atoms with van der Waals surface area (Å²) in [6.07, 6.45) is 0. The van der Waals surface area contributed by atoms with Gasteiger partial charge in [-0.25, -0.2) is 9.98 Å². The van der Waals surface area contributed by atoms with E-state index in [1.54, 1.807) is 0 Å². The van der Waals surface area contributed by atoms with Gasteiger partial charge in [-0.1, -0.05) is 29.8 Å². The fourth-order valence-electron chi connectivity index (χ4n) is 2.11. The molecule has 0 spiro atoms. The van der Waals surface area contributed by atoms with Crippen molar-refractivity contribution in [2.45, 2.75) is 6.92 Å². The first-order valence-electron chi connectivity index (χ1n) is 6.61. The molecule has 0 unspecified atom stereocenters. The van der Waals surface area contributed by atoms with Crippen molar-refractivity contribution in [2.24, 2.45) is 10.7 Å². The molecular weight excluding hydrogens is 284 g/mol. The van der Waals surface area contributed by atoms with Gasteiger partial charge in [-0.05, 0) is 25.1 Å². The van der Waals surface area contributed by atoms with Gasteiger partial charge in [-0.15, -0.1) is 11.6 Å². The maximum Gasteiger partial charge on any atom is 0.138 e. The Bertz CT molecular complexity index is 803. The zero-order valence-corrected chi connectivity index (χ0v) is 12.4. The Morgan fingerprint density at radius 3 is 2.71 bits per heavy atom. The lowest BCUT2D eigenvalue weighted by molar-refractivity contribution is 1.33. The number of aliphatic imine (C=N–C) groups is 1. The molecule has 2 aromatic carbocycles. The number of aromatic nitrogens is 2. The van der Waals surface area contributed by atoms with Crippen LogP contribution >= 0.6 is 11.6 Å². The van der Waals surface area contributed by atoms with Crippen molar-refractivity contribution >= 4 is 34.2 Å². The smallest absolute Gasteiger partial charge is 0.138 e. The molecule has 0 amide bonds. The van der Waals surface area contributed by atoms with Crippen molar-refractivity contribution in [3.63, 3.8) is 0 Å². The molecule has 106 valence electrons. The van der Waals surface area contributed by atoms with Crippen molar-refractivity contribution in [3.05, 3.63) is 48.0 Å². The first kappa shape index (κ1) is 13.6. The van der Waals surface area contributed by atoms with Crippen LogP contribution in [0.2, 0.25) is 0 Å². The Balaban J connectivity index is 2.02. The Hall–Kier alpha value is -2.33. The molecule has 5 heteroatoms. The highest BCUT2D eigenvalue weighted by molar-refractivity contribution is 6.28. The highest BCUT2D eigenvalue weighted by atomic mass is 35.5. The van der Waals surface area contributed by atoms with E-state index >= 15 is 0 Å². The number of hydrogen-bond donors (Lipinski definition) is 2. The van der Waals surface area contributed by atoms with Crippen LogP contribution in [0.5, 0.6) is 0 Å². The number of rotatable bonds is 3. The quantitative estimate of drug-likeness (QED) is 0.439. The predicted octanol–water partition coefficient (Wildman–Crippen LogP) is 3.77. The average molecular weight is 299 g/mol. The summed E-state index contributed by atoms with van der Waals surface area (Å²) < 4.78 is 0. The van der Waals surface area contributed by atoms with Gasteiger partial charge in [0.05, 0.1) is 22.6 Å². The maximum absolute atomic E-state index is 5.65. The minimum atomic E-state index is 0.218. The molecule has 3 N–H and O–H groups in total. The molecule has 4 nitrogen and oxygen atoms in total. The molecule has 0 saturated heterocycles. The number of nitrogens with one attached hydrogen (secondary N) is 1. The summed E-state index contributed by atoms with van der Waals surface area (Å²) in [7, 11) is 0. The van der Waals surface area contributed by atoms with Crippen molar-refractivity contribution in [1.82, 2.24) is 9.97 Å². The highest BCUT2D eigenvalue weighted by Gasteiger charge is 2.06. The van der Waals surface area contributed by atoms with E-state index in [1.165, 1.54) is 5.56 Å². The van der Waals surface area contributed by atoms with E-state index in [0.717, 1.165) is 28.1 Å². The number of nitrogens with zero attached hydrogens (tertiary/aromatic N) is 2. The predicted molar refractivity (Wildman–Crippen MR) is 88.3 cm³/mol. The van der Waals surface area contributed by atoms with Crippen LogP contribution in [0.4, 0.5) is 5.69 Å². The van der Waals surface area contributed by atoms with Gasteiger partial charge in [0.2, 0.25) is 0 Å². The number of hydrogen-bond acceptors (Lipinski definition) is 2. The summed E-state index contributed by atoms with van der Waals surface area (Å²) in [4.78, 5) is 12.1. The van der Waals surface area contributed by atoms with Crippen LogP contribution in [0.25, 0.3) is 22.4 Å². The number of aryl methyl sites for hydroxylation is 1. The minimum absolute atomic E-state index is 0.218. The van der Waals surface area contributed by atoms with Crippen LogP contribution in [-0.4, -0.2) is 21.7 Å². The van der Waals surface area contributed by atoms with Crippen LogP contribution in [0.1, 0.15) is 5.56 Å². The first-order valence-corrected chi connectivity index (χ1v) is 7.15. The normalized spacial score (nSPS) is 12.0. The van der Waals surface area contributed by atoms with E-state index in [-0.39, 0.29) is 5.88 Å². The van der Waals surface area contributed by atoms with E-state index in [9.17, 15) is 0 Å². The number of halogens is 1. The summed E-state index contributed by atoms with van der Waals surface area (Å²) >= 11 is 5.64. The molecule has 0 fully saturated rings. The van der Waals surface area contributed by atoms with Crippen LogP contribution in [0, 0.1) is 6.92 Å². The summed E-state index contributed by atoms with van der Waals surface area (Å²) in [5.74, 6) is 1.46. The Morgan fingerprint density at radius 2 is 2.00 bits per heavy atom. The second-order valence-electron chi connectivity index (χ2n) is 4.89. The van der Waals surface area contributed by atoms with Gasteiger partial charge < -0.3 is 10.7 Å². The lowest BCUT2D eigenvalue weighted by Gasteiger charge is -1.96. The molecule has 1 aromatic heterocycles. The van der Waals surface area contributed by atoms with Gasteiger partial charge in [-0.2, -0.15) is 0 Å². The van der Waals surface area contributed by atoms with Crippen LogP contribution < -0.4 is 5.73 Å². The molecule has 0 aliphatic carbocycles. The number of aromatic amines is 1. The summed E-state index contributed by atoms with van der Waals surface area (Å²) in [6.45, 7) is 2.06. The van der Waals surface area contributed by atoms with E-state index < -0.39 is 0 Å². The fraction of sp³-hybridized carbons (Fsp3) is 0.125. The van der Waals surface area contributed by atoms with Gasteiger partial charge in [0.1, 0.15) is 11.7 Å². The lowest BCUT2D eigenvalue weighted by Crippen LogP contribution is -2.12. The molecule has 0 radical (unpaired) electrons. The zero-order chi connectivity index (χ0) is 14.8. The largest absolute Gasteiger partial charge is 0.386 e. The van der Waals surface area contributed by atoms with Gasteiger partial charge in [0.15, 0.2) is 0 Å². The number of benzene rings is 2. The third kappa shape index (κ3) is 2.90. The third-order valence-corrected chi connectivity index (χ3v) is 3.47. The summed E-state index contributed by atoms with van der Waals surface area (Å²) in [5.41, 5.74) is 10.5. The van der Waals surface area contributed by atoms with Crippen molar-refractivity contribution in [3.8, 4) is 11.4 Å². The van der Waals surface area contributed by atoms with Gasteiger partial charge in [0.25, 0.3) is 0 Å². The van der Waals surface area contributed by atoms with Crippen LogP contribution in [0.15, 0.2) is 47.5 Å². The zero-order valence-electron chi connectivity index (χ0n) is 11.6. The number of imidazole rings is 1.